The van der Waals surface area contributed by atoms with Crippen molar-refractivity contribution in [1.82, 2.24) is 9.78 Å². The summed E-state index contributed by atoms with van der Waals surface area (Å²) in [5.41, 5.74) is 2.18. The molecule has 0 atom stereocenters. The first-order valence-electron chi connectivity index (χ1n) is 6.20. The summed E-state index contributed by atoms with van der Waals surface area (Å²) >= 11 is 12.1. The van der Waals surface area contributed by atoms with E-state index in [4.69, 9.17) is 23.2 Å². The van der Waals surface area contributed by atoms with Crippen molar-refractivity contribution in [2.24, 2.45) is 5.41 Å². The fraction of sp³-hybridized carbons (Fsp3) is 0.500. The van der Waals surface area contributed by atoms with Crippen LogP contribution >= 0.6 is 23.2 Å². The molecule has 0 aliphatic rings. The van der Waals surface area contributed by atoms with Crippen LogP contribution in [0.25, 0.3) is 10.9 Å². The molecule has 1 heterocycles. The maximum Gasteiger partial charge on any atom is 0.0709 e. The Labute approximate surface area is 118 Å². The molecular formula is C14H18Cl2N2. The molecule has 0 fully saturated rings. The molecule has 0 N–H and O–H groups in total. The van der Waals surface area contributed by atoms with Crippen LogP contribution in [0.15, 0.2) is 24.3 Å². The summed E-state index contributed by atoms with van der Waals surface area (Å²) in [4.78, 5) is 0. The monoisotopic (exact) mass is 284 g/mol. The first-order chi connectivity index (χ1) is 8.63. The zero-order chi connectivity index (χ0) is 13.2. The number of alkyl halides is 2. The Morgan fingerprint density at radius 3 is 2.50 bits per heavy atom. The highest BCUT2D eigenvalue weighted by Crippen LogP contribution is 2.29. The highest BCUT2D eigenvalue weighted by atomic mass is 35.5. The molecule has 2 nitrogen and oxygen atoms in total. The van der Waals surface area contributed by atoms with E-state index in [1.165, 1.54) is 10.9 Å². The Morgan fingerprint density at radius 2 is 1.89 bits per heavy atom. The van der Waals surface area contributed by atoms with Crippen molar-refractivity contribution in [2.45, 2.75) is 26.8 Å². The van der Waals surface area contributed by atoms with E-state index < -0.39 is 0 Å². The molecule has 0 aliphatic heterocycles. The molecule has 0 amide bonds. The van der Waals surface area contributed by atoms with Gasteiger partial charge < -0.3 is 0 Å². The summed E-state index contributed by atoms with van der Waals surface area (Å²) < 4.78 is 2.04. The van der Waals surface area contributed by atoms with Gasteiger partial charge in [-0.2, -0.15) is 5.10 Å². The summed E-state index contributed by atoms with van der Waals surface area (Å²) in [6.45, 7) is 5.08. The third-order valence-corrected chi connectivity index (χ3v) is 4.56. The molecule has 0 aliphatic carbocycles. The van der Waals surface area contributed by atoms with Gasteiger partial charge in [-0.05, 0) is 19.4 Å². The molecule has 18 heavy (non-hydrogen) atoms. The highest BCUT2D eigenvalue weighted by Gasteiger charge is 2.25. The summed E-state index contributed by atoms with van der Waals surface area (Å²) in [5.74, 6) is 1.09. The van der Waals surface area contributed by atoms with Crippen molar-refractivity contribution in [1.29, 1.82) is 0 Å². The van der Waals surface area contributed by atoms with Crippen molar-refractivity contribution in [2.75, 3.05) is 11.8 Å². The van der Waals surface area contributed by atoms with E-state index >= 15 is 0 Å². The maximum atomic E-state index is 6.03. The molecule has 2 rings (SSSR count). The van der Waals surface area contributed by atoms with Crippen molar-refractivity contribution in [3.63, 3.8) is 0 Å². The Balaban J connectivity index is 2.45. The van der Waals surface area contributed by atoms with Crippen LogP contribution in [0.3, 0.4) is 0 Å². The third-order valence-electron chi connectivity index (χ3n) is 3.27. The van der Waals surface area contributed by atoms with Gasteiger partial charge in [0.2, 0.25) is 0 Å². The number of halogens is 2. The second kappa shape index (κ2) is 5.50. The molecule has 2 aromatic rings. The number of rotatable bonds is 5. The summed E-state index contributed by atoms with van der Waals surface area (Å²) in [6.07, 6.45) is 0.813. The van der Waals surface area contributed by atoms with Gasteiger partial charge in [-0.25, -0.2) is 0 Å². The smallest absolute Gasteiger partial charge is 0.0709 e. The average Bonchev–Trinajstić information content (AvgIpc) is 2.77. The average molecular weight is 285 g/mol. The predicted molar refractivity (Wildman–Crippen MR) is 78.7 cm³/mol. The van der Waals surface area contributed by atoms with Crippen LogP contribution < -0.4 is 0 Å². The van der Waals surface area contributed by atoms with Crippen LogP contribution in [-0.4, -0.2) is 21.5 Å². The lowest BCUT2D eigenvalue weighted by molar-refractivity contribution is 0.418. The Kier molecular flexibility index (Phi) is 4.18. The number of benzene rings is 1. The SMILES string of the molecule is CCn1nc(CC(C)(CCl)CCl)c2ccccc21. The van der Waals surface area contributed by atoms with Gasteiger partial charge >= 0.3 is 0 Å². The number of para-hydroxylation sites is 1. The fourth-order valence-corrected chi connectivity index (χ4v) is 2.58. The van der Waals surface area contributed by atoms with Gasteiger partial charge in [-0.1, -0.05) is 25.1 Å². The lowest BCUT2D eigenvalue weighted by Gasteiger charge is -2.22. The first-order valence-corrected chi connectivity index (χ1v) is 7.27. The highest BCUT2D eigenvalue weighted by molar-refractivity contribution is 6.21. The predicted octanol–water partition coefficient (Wildman–Crippen LogP) is 4.08. The third kappa shape index (κ3) is 2.50. The summed E-state index contributed by atoms with van der Waals surface area (Å²) in [7, 11) is 0. The zero-order valence-electron chi connectivity index (χ0n) is 10.8. The minimum absolute atomic E-state index is 0.0984. The van der Waals surface area contributed by atoms with Gasteiger partial charge in [0.1, 0.15) is 0 Å². The largest absolute Gasteiger partial charge is 0.265 e. The van der Waals surface area contributed by atoms with E-state index in [0.717, 1.165) is 18.7 Å². The van der Waals surface area contributed by atoms with Crippen molar-refractivity contribution in [3.8, 4) is 0 Å². The molecule has 0 saturated heterocycles. The van der Waals surface area contributed by atoms with Crippen LogP contribution in [-0.2, 0) is 13.0 Å². The quantitative estimate of drug-likeness (QED) is 0.757. The second-order valence-corrected chi connectivity index (χ2v) is 5.57. The molecule has 0 spiro atoms. The first kappa shape index (κ1) is 13.7. The Hall–Kier alpha value is -0.730. The van der Waals surface area contributed by atoms with Crippen LogP contribution in [0.4, 0.5) is 0 Å². The van der Waals surface area contributed by atoms with Gasteiger partial charge in [0.15, 0.2) is 0 Å². The van der Waals surface area contributed by atoms with Gasteiger partial charge in [0, 0.05) is 29.1 Å². The van der Waals surface area contributed by atoms with Gasteiger partial charge in [0.05, 0.1) is 11.2 Å². The van der Waals surface area contributed by atoms with Crippen LogP contribution in [0, 0.1) is 5.41 Å². The lowest BCUT2D eigenvalue weighted by atomic mass is 9.89. The van der Waals surface area contributed by atoms with E-state index in [2.05, 4.69) is 31.1 Å². The molecule has 0 bridgehead atoms. The standard InChI is InChI=1S/C14H18Cl2N2/c1-3-18-13-7-5-4-6-11(13)12(17-18)8-14(2,9-15)10-16/h4-7H,3,8-10H2,1-2H3. The van der Waals surface area contributed by atoms with E-state index in [1.807, 2.05) is 16.8 Å². The molecule has 0 radical (unpaired) electrons. The van der Waals surface area contributed by atoms with E-state index in [1.54, 1.807) is 0 Å². The lowest BCUT2D eigenvalue weighted by Crippen LogP contribution is -2.24. The number of hydrogen-bond donors (Lipinski definition) is 0. The van der Waals surface area contributed by atoms with Gasteiger partial charge in [0.25, 0.3) is 0 Å². The Bertz CT molecular complexity index is 530. The minimum Gasteiger partial charge on any atom is -0.265 e. The van der Waals surface area contributed by atoms with Crippen molar-refractivity contribution < 1.29 is 0 Å². The molecule has 1 aromatic heterocycles. The second-order valence-electron chi connectivity index (χ2n) is 5.03. The zero-order valence-corrected chi connectivity index (χ0v) is 12.3. The normalized spacial score (nSPS) is 12.2. The molecule has 0 unspecified atom stereocenters. The van der Waals surface area contributed by atoms with Crippen LogP contribution in [0.2, 0.25) is 0 Å². The molecule has 0 saturated carbocycles. The number of aromatic nitrogens is 2. The van der Waals surface area contributed by atoms with Gasteiger partial charge in [-0.15, -0.1) is 23.2 Å². The van der Waals surface area contributed by atoms with Gasteiger partial charge in [-0.3, -0.25) is 4.68 Å². The molecule has 4 heteroatoms. The number of hydrogen-bond acceptors (Lipinski definition) is 1. The summed E-state index contributed by atoms with van der Waals surface area (Å²) in [6, 6.07) is 8.31. The minimum atomic E-state index is -0.0984. The fourth-order valence-electron chi connectivity index (χ4n) is 2.10. The molecule has 98 valence electrons. The number of nitrogens with zero attached hydrogens (tertiary/aromatic N) is 2. The molecular weight excluding hydrogens is 267 g/mol. The topological polar surface area (TPSA) is 17.8 Å². The van der Waals surface area contributed by atoms with E-state index in [0.29, 0.717) is 11.8 Å². The van der Waals surface area contributed by atoms with Crippen molar-refractivity contribution >= 4 is 34.1 Å². The summed E-state index contributed by atoms with van der Waals surface area (Å²) in [5, 5.41) is 5.90. The number of aryl methyl sites for hydroxylation is 1. The maximum absolute atomic E-state index is 6.03. The Morgan fingerprint density at radius 1 is 1.22 bits per heavy atom. The van der Waals surface area contributed by atoms with E-state index in [-0.39, 0.29) is 5.41 Å². The van der Waals surface area contributed by atoms with Crippen molar-refractivity contribution in [3.05, 3.63) is 30.0 Å². The molecule has 1 aromatic carbocycles. The van der Waals surface area contributed by atoms with Crippen LogP contribution in [0.1, 0.15) is 19.5 Å². The number of fused-ring (bicyclic) bond motifs is 1. The van der Waals surface area contributed by atoms with Crippen LogP contribution in [0.5, 0.6) is 0 Å². The van der Waals surface area contributed by atoms with E-state index in [9.17, 15) is 0 Å².